The highest BCUT2D eigenvalue weighted by molar-refractivity contribution is 5.25. The second-order valence-corrected chi connectivity index (χ2v) is 4.29. The van der Waals surface area contributed by atoms with Gasteiger partial charge >= 0.3 is 0 Å². The van der Waals surface area contributed by atoms with Crippen molar-refractivity contribution in [3.8, 4) is 6.07 Å². The molecule has 0 aliphatic carbocycles. The smallest absolute Gasteiger partial charge is 0.140 e. The van der Waals surface area contributed by atoms with E-state index in [4.69, 9.17) is 5.26 Å². The van der Waals surface area contributed by atoms with Gasteiger partial charge in [0, 0.05) is 19.3 Å². The van der Waals surface area contributed by atoms with Crippen LogP contribution in [0.3, 0.4) is 0 Å². The molecule has 0 amide bonds. The standard InChI is InChI=1S/C12H15N3/c1-10-3-5-15(8-10)9-11-2-4-14-12(6-11)7-13/h2,4,6,10H,3,5,8-9H2,1H3. The van der Waals surface area contributed by atoms with Crippen molar-refractivity contribution in [1.29, 1.82) is 5.26 Å². The van der Waals surface area contributed by atoms with Crippen molar-refractivity contribution in [1.82, 2.24) is 9.88 Å². The lowest BCUT2D eigenvalue weighted by Gasteiger charge is -2.14. The van der Waals surface area contributed by atoms with Gasteiger partial charge in [0.25, 0.3) is 0 Å². The fraction of sp³-hybridized carbons (Fsp3) is 0.500. The van der Waals surface area contributed by atoms with Crippen molar-refractivity contribution in [2.24, 2.45) is 5.92 Å². The van der Waals surface area contributed by atoms with Crippen LogP contribution >= 0.6 is 0 Å². The van der Waals surface area contributed by atoms with Crippen molar-refractivity contribution < 1.29 is 0 Å². The molecule has 78 valence electrons. The van der Waals surface area contributed by atoms with Crippen LogP contribution < -0.4 is 0 Å². The van der Waals surface area contributed by atoms with Gasteiger partial charge in [0.2, 0.25) is 0 Å². The molecular weight excluding hydrogens is 186 g/mol. The summed E-state index contributed by atoms with van der Waals surface area (Å²) in [5, 5.41) is 8.74. The van der Waals surface area contributed by atoms with E-state index in [-0.39, 0.29) is 0 Å². The van der Waals surface area contributed by atoms with Gasteiger partial charge in [-0.25, -0.2) is 4.98 Å². The van der Waals surface area contributed by atoms with E-state index in [1.54, 1.807) is 6.20 Å². The third kappa shape index (κ3) is 2.54. The second kappa shape index (κ2) is 4.41. The average Bonchev–Trinajstić information content (AvgIpc) is 2.64. The van der Waals surface area contributed by atoms with Crippen LogP contribution in [0.15, 0.2) is 18.3 Å². The van der Waals surface area contributed by atoms with Gasteiger partial charge in [-0.15, -0.1) is 0 Å². The van der Waals surface area contributed by atoms with Crippen molar-refractivity contribution in [2.75, 3.05) is 13.1 Å². The molecule has 1 unspecified atom stereocenters. The van der Waals surface area contributed by atoms with Crippen LogP contribution in [0.25, 0.3) is 0 Å². The lowest BCUT2D eigenvalue weighted by molar-refractivity contribution is 0.320. The summed E-state index contributed by atoms with van der Waals surface area (Å²) in [4.78, 5) is 6.40. The van der Waals surface area contributed by atoms with Gasteiger partial charge in [0.05, 0.1) is 0 Å². The van der Waals surface area contributed by atoms with Crippen LogP contribution in [0.1, 0.15) is 24.6 Å². The summed E-state index contributed by atoms with van der Waals surface area (Å²) in [5.74, 6) is 0.808. The molecule has 15 heavy (non-hydrogen) atoms. The monoisotopic (exact) mass is 201 g/mol. The van der Waals surface area contributed by atoms with Gasteiger partial charge in [-0.3, -0.25) is 4.90 Å². The first-order valence-electron chi connectivity index (χ1n) is 5.35. The molecule has 0 saturated carbocycles. The fourth-order valence-corrected chi connectivity index (χ4v) is 2.06. The Morgan fingerprint density at radius 1 is 1.67 bits per heavy atom. The quantitative estimate of drug-likeness (QED) is 0.732. The van der Waals surface area contributed by atoms with Crippen LogP contribution in [-0.2, 0) is 6.54 Å². The molecule has 1 saturated heterocycles. The van der Waals surface area contributed by atoms with Crippen LogP contribution in [-0.4, -0.2) is 23.0 Å². The third-order valence-electron chi connectivity index (χ3n) is 2.85. The molecule has 0 bridgehead atoms. The van der Waals surface area contributed by atoms with Gasteiger partial charge in [-0.2, -0.15) is 5.26 Å². The first kappa shape index (κ1) is 10.1. The molecule has 0 N–H and O–H groups in total. The highest BCUT2D eigenvalue weighted by atomic mass is 15.1. The Bertz CT molecular complexity index is 381. The molecule has 3 nitrogen and oxygen atoms in total. The van der Waals surface area contributed by atoms with Gasteiger partial charge in [-0.1, -0.05) is 6.92 Å². The summed E-state index contributed by atoms with van der Waals surface area (Å²) in [6.45, 7) is 5.57. The first-order chi connectivity index (χ1) is 7.28. The molecule has 1 aliphatic heterocycles. The van der Waals surface area contributed by atoms with E-state index in [0.29, 0.717) is 5.69 Å². The van der Waals surface area contributed by atoms with Gasteiger partial charge in [0.15, 0.2) is 0 Å². The van der Waals surface area contributed by atoms with E-state index in [1.807, 2.05) is 12.1 Å². The molecule has 0 spiro atoms. The van der Waals surface area contributed by atoms with Crippen LogP contribution in [0.2, 0.25) is 0 Å². The molecule has 0 radical (unpaired) electrons. The van der Waals surface area contributed by atoms with Crippen molar-refractivity contribution in [3.05, 3.63) is 29.6 Å². The molecule has 0 aromatic carbocycles. The summed E-state index contributed by atoms with van der Waals surface area (Å²) in [6.07, 6.45) is 3.00. The maximum Gasteiger partial charge on any atom is 0.140 e. The maximum absolute atomic E-state index is 8.74. The molecular formula is C12H15N3. The molecule has 1 aromatic rings. The Labute approximate surface area is 90.4 Å². The van der Waals surface area contributed by atoms with Crippen molar-refractivity contribution >= 4 is 0 Å². The van der Waals surface area contributed by atoms with E-state index in [2.05, 4.69) is 22.9 Å². The van der Waals surface area contributed by atoms with Gasteiger partial charge in [-0.05, 0) is 36.6 Å². The Balaban J connectivity index is 2.02. The van der Waals surface area contributed by atoms with E-state index in [9.17, 15) is 0 Å². The van der Waals surface area contributed by atoms with Crippen LogP contribution in [0.5, 0.6) is 0 Å². The van der Waals surface area contributed by atoms with Crippen molar-refractivity contribution in [3.63, 3.8) is 0 Å². The normalized spacial score (nSPS) is 21.5. The van der Waals surface area contributed by atoms with E-state index in [1.165, 1.54) is 25.1 Å². The topological polar surface area (TPSA) is 39.9 Å². The number of rotatable bonds is 2. The van der Waals surface area contributed by atoms with Crippen LogP contribution in [0, 0.1) is 17.2 Å². The van der Waals surface area contributed by atoms with Gasteiger partial charge < -0.3 is 0 Å². The zero-order valence-corrected chi connectivity index (χ0v) is 8.98. The lowest BCUT2D eigenvalue weighted by atomic mass is 10.2. The number of aromatic nitrogens is 1. The highest BCUT2D eigenvalue weighted by Crippen LogP contribution is 2.17. The average molecular weight is 201 g/mol. The third-order valence-corrected chi connectivity index (χ3v) is 2.85. The summed E-state index contributed by atoms with van der Waals surface area (Å²) in [7, 11) is 0. The SMILES string of the molecule is CC1CCN(Cc2ccnc(C#N)c2)C1. The minimum Gasteiger partial charge on any atom is -0.299 e. The summed E-state index contributed by atoms with van der Waals surface area (Å²) < 4.78 is 0. The Morgan fingerprint density at radius 3 is 3.20 bits per heavy atom. The predicted molar refractivity (Wildman–Crippen MR) is 58.0 cm³/mol. The van der Waals surface area contributed by atoms with Crippen molar-refractivity contribution in [2.45, 2.75) is 19.9 Å². The molecule has 1 atom stereocenters. The summed E-state index contributed by atoms with van der Waals surface area (Å²) >= 11 is 0. The fourth-order valence-electron chi connectivity index (χ4n) is 2.06. The summed E-state index contributed by atoms with van der Waals surface area (Å²) in [5.41, 5.74) is 1.70. The predicted octanol–water partition coefficient (Wildman–Crippen LogP) is 1.80. The summed E-state index contributed by atoms with van der Waals surface area (Å²) in [6, 6.07) is 5.94. The number of likely N-dealkylation sites (tertiary alicyclic amines) is 1. The van der Waals surface area contributed by atoms with E-state index >= 15 is 0 Å². The second-order valence-electron chi connectivity index (χ2n) is 4.29. The Morgan fingerprint density at radius 2 is 2.53 bits per heavy atom. The minimum atomic E-state index is 0.514. The molecule has 3 heteroatoms. The molecule has 1 aromatic heterocycles. The number of nitriles is 1. The van der Waals surface area contributed by atoms with Crippen LogP contribution in [0.4, 0.5) is 0 Å². The molecule has 1 aliphatic rings. The van der Waals surface area contributed by atoms with Gasteiger partial charge in [0.1, 0.15) is 11.8 Å². The van der Waals surface area contributed by atoms with E-state index in [0.717, 1.165) is 12.5 Å². The Kier molecular flexibility index (Phi) is 2.98. The number of hydrogen-bond donors (Lipinski definition) is 0. The largest absolute Gasteiger partial charge is 0.299 e. The minimum absolute atomic E-state index is 0.514. The zero-order chi connectivity index (χ0) is 10.7. The highest BCUT2D eigenvalue weighted by Gasteiger charge is 2.18. The van der Waals surface area contributed by atoms with E-state index < -0.39 is 0 Å². The molecule has 1 fully saturated rings. The number of nitrogens with zero attached hydrogens (tertiary/aromatic N) is 3. The lowest BCUT2D eigenvalue weighted by Crippen LogP contribution is -2.19. The first-order valence-corrected chi connectivity index (χ1v) is 5.35. The number of hydrogen-bond acceptors (Lipinski definition) is 3. The molecule has 2 rings (SSSR count). The molecule has 2 heterocycles. The zero-order valence-electron chi connectivity index (χ0n) is 8.98. The number of pyridine rings is 1. The maximum atomic E-state index is 8.74. The Hall–Kier alpha value is -1.40.